The van der Waals surface area contributed by atoms with Gasteiger partial charge in [-0.15, -0.1) is 0 Å². The maximum Gasteiger partial charge on any atom is 0.224 e. The molecule has 0 bridgehead atoms. The number of para-hydroxylation sites is 1. The minimum Gasteiger partial charge on any atom is -0.508 e. The first-order valence-corrected chi connectivity index (χ1v) is 7.86. The van der Waals surface area contributed by atoms with Crippen molar-refractivity contribution in [1.29, 1.82) is 0 Å². The van der Waals surface area contributed by atoms with E-state index in [0.717, 1.165) is 13.0 Å². The molecule has 2 N–H and O–H groups in total. The lowest BCUT2D eigenvalue weighted by atomic mass is 10.1. The van der Waals surface area contributed by atoms with Gasteiger partial charge in [0.1, 0.15) is 5.75 Å². The van der Waals surface area contributed by atoms with E-state index in [1.54, 1.807) is 18.2 Å². The van der Waals surface area contributed by atoms with Crippen molar-refractivity contribution in [2.45, 2.75) is 32.1 Å². The summed E-state index contributed by atoms with van der Waals surface area (Å²) < 4.78 is 1.21. The zero-order chi connectivity index (χ0) is 13.2. The molecular weight excluding hydrogens is 341 g/mol. The van der Waals surface area contributed by atoms with Gasteiger partial charge in [-0.1, -0.05) is 53.6 Å². The van der Waals surface area contributed by atoms with Crippen LogP contribution in [0.1, 0.15) is 31.2 Å². The van der Waals surface area contributed by atoms with Gasteiger partial charge < -0.3 is 10.4 Å². The van der Waals surface area contributed by atoms with Crippen molar-refractivity contribution in [3.8, 4) is 5.75 Å². The molecular formula is C14H20INO2. The second-order valence-corrected chi connectivity index (χ2v) is 5.34. The Hall–Kier alpha value is -0.780. The van der Waals surface area contributed by atoms with Crippen molar-refractivity contribution in [2.24, 2.45) is 0 Å². The van der Waals surface area contributed by atoms with Crippen LogP contribution in [0.25, 0.3) is 0 Å². The molecule has 1 rings (SSSR count). The summed E-state index contributed by atoms with van der Waals surface area (Å²) in [5.74, 6) is 0.167. The largest absolute Gasteiger partial charge is 0.508 e. The summed E-state index contributed by atoms with van der Waals surface area (Å²) in [6.07, 6.45) is 4.94. The molecule has 0 spiro atoms. The van der Waals surface area contributed by atoms with Crippen LogP contribution in [-0.4, -0.2) is 22.0 Å². The zero-order valence-electron chi connectivity index (χ0n) is 10.5. The number of hydrogen-bond donors (Lipinski definition) is 2. The normalized spacial score (nSPS) is 10.3. The summed E-state index contributed by atoms with van der Waals surface area (Å²) >= 11 is 2.38. The highest BCUT2D eigenvalue weighted by Crippen LogP contribution is 2.15. The van der Waals surface area contributed by atoms with Gasteiger partial charge in [0.05, 0.1) is 6.42 Å². The second kappa shape index (κ2) is 9.19. The quantitative estimate of drug-likeness (QED) is 0.425. The Balaban J connectivity index is 2.16. The lowest BCUT2D eigenvalue weighted by Crippen LogP contribution is -2.26. The van der Waals surface area contributed by atoms with Gasteiger partial charge in [0.25, 0.3) is 0 Å². The van der Waals surface area contributed by atoms with Crippen LogP contribution in [0.5, 0.6) is 5.75 Å². The molecule has 0 aliphatic rings. The van der Waals surface area contributed by atoms with Gasteiger partial charge in [0.2, 0.25) is 5.91 Å². The zero-order valence-corrected chi connectivity index (χ0v) is 12.7. The number of aromatic hydroxyl groups is 1. The van der Waals surface area contributed by atoms with E-state index in [2.05, 4.69) is 27.9 Å². The summed E-state index contributed by atoms with van der Waals surface area (Å²) in [5.41, 5.74) is 0.680. The van der Waals surface area contributed by atoms with Crippen LogP contribution in [0.15, 0.2) is 24.3 Å². The number of carbonyl (C=O) groups excluding carboxylic acids is 1. The molecule has 0 saturated carbocycles. The average Bonchev–Trinajstić information content (AvgIpc) is 2.36. The molecule has 0 saturated heterocycles. The number of carbonyl (C=O) groups is 1. The van der Waals surface area contributed by atoms with E-state index in [4.69, 9.17) is 0 Å². The number of nitrogens with one attached hydrogen (secondary N) is 1. The fourth-order valence-corrected chi connectivity index (χ4v) is 2.24. The highest BCUT2D eigenvalue weighted by molar-refractivity contribution is 14.1. The fraction of sp³-hybridized carbons (Fsp3) is 0.500. The number of phenols is 1. The molecule has 0 unspecified atom stereocenters. The number of amides is 1. The lowest BCUT2D eigenvalue weighted by molar-refractivity contribution is -0.120. The molecule has 1 aromatic carbocycles. The van der Waals surface area contributed by atoms with Crippen LogP contribution in [0, 0.1) is 0 Å². The monoisotopic (exact) mass is 361 g/mol. The summed E-state index contributed by atoms with van der Waals surface area (Å²) in [5, 5.41) is 12.4. The number of hydrogen-bond acceptors (Lipinski definition) is 2. The van der Waals surface area contributed by atoms with Crippen molar-refractivity contribution < 1.29 is 9.90 Å². The van der Waals surface area contributed by atoms with Crippen molar-refractivity contribution in [3.05, 3.63) is 29.8 Å². The molecule has 0 fully saturated rings. The number of halogens is 1. The Bertz CT molecular complexity index is 369. The van der Waals surface area contributed by atoms with Gasteiger partial charge in [-0.25, -0.2) is 0 Å². The van der Waals surface area contributed by atoms with E-state index in [1.807, 2.05) is 6.07 Å². The summed E-state index contributed by atoms with van der Waals surface area (Å²) in [4.78, 5) is 11.6. The van der Waals surface area contributed by atoms with Gasteiger partial charge in [0, 0.05) is 12.1 Å². The molecule has 100 valence electrons. The predicted octanol–water partition coefficient (Wildman–Crippen LogP) is 3.05. The molecule has 1 aromatic rings. The number of alkyl halides is 1. The van der Waals surface area contributed by atoms with Crippen molar-refractivity contribution >= 4 is 28.5 Å². The van der Waals surface area contributed by atoms with Gasteiger partial charge in [-0.2, -0.15) is 0 Å². The van der Waals surface area contributed by atoms with Gasteiger partial charge in [-0.05, 0) is 23.3 Å². The van der Waals surface area contributed by atoms with Crippen LogP contribution >= 0.6 is 22.6 Å². The molecule has 1 amide bonds. The Kier molecular flexibility index (Phi) is 7.80. The molecule has 0 aliphatic heterocycles. The van der Waals surface area contributed by atoms with Crippen LogP contribution in [0.4, 0.5) is 0 Å². The van der Waals surface area contributed by atoms with Gasteiger partial charge in [0.15, 0.2) is 0 Å². The first-order chi connectivity index (χ1) is 8.74. The standard InChI is InChI=1S/C14H20INO2/c15-9-5-1-2-6-10-16-14(18)11-12-7-3-4-8-13(12)17/h3-4,7-8,17H,1-2,5-6,9-11H2,(H,16,18). The first kappa shape index (κ1) is 15.3. The molecule has 0 atom stereocenters. The predicted molar refractivity (Wildman–Crippen MR) is 82.2 cm³/mol. The molecule has 0 aliphatic carbocycles. The van der Waals surface area contributed by atoms with E-state index >= 15 is 0 Å². The number of unbranched alkanes of at least 4 members (excludes halogenated alkanes) is 3. The van der Waals surface area contributed by atoms with E-state index in [-0.39, 0.29) is 18.1 Å². The van der Waals surface area contributed by atoms with Crippen LogP contribution in [0.2, 0.25) is 0 Å². The Morgan fingerprint density at radius 2 is 1.89 bits per heavy atom. The van der Waals surface area contributed by atoms with Crippen molar-refractivity contribution in [1.82, 2.24) is 5.32 Å². The third-order valence-electron chi connectivity index (χ3n) is 2.73. The molecule has 4 heteroatoms. The Morgan fingerprint density at radius 1 is 1.17 bits per heavy atom. The minimum absolute atomic E-state index is 0.0228. The first-order valence-electron chi connectivity index (χ1n) is 6.33. The van der Waals surface area contributed by atoms with E-state index in [0.29, 0.717) is 5.56 Å². The second-order valence-electron chi connectivity index (χ2n) is 4.26. The van der Waals surface area contributed by atoms with E-state index in [1.165, 1.54) is 23.7 Å². The van der Waals surface area contributed by atoms with E-state index < -0.39 is 0 Å². The average molecular weight is 361 g/mol. The maximum absolute atomic E-state index is 11.6. The third kappa shape index (κ3) is 6.23. The smallest absolute Gasteiger partial charge is 0.224 e. The Labute approximate surface area is 122 Å². The van der Waals surface area contributed by atoms with Crippen LogP contribution < -0.4 is 5.32 Å². The topological polar surface area (TPSA) is 49.3 Å². The SMILES string of the molecule is O=C(Cc1ccccc1O)NCCCCCCI. The molecule has 0 heterocycles. The van der Waals surface area contributed by atoms with Crippen molar-refractivity contribution in [2.75, 3.05) is 11.0 Å². The van der Waals surface area contributed by atoms with Gasteiger partial charge in [-0.3, -0.25) is 4.79 Å². The molecule has 0 radical (unpaired) electrons. The number of rotatable bonds is 8. The molecule has 18 heavy (non-hydrogen) atoms. The van der Waals surface area contributed by atoms with Crippen LogP contribution in [0.3, 0.4) is 0 Å². The summed E-state index contributed by atoms with van der Waals surface area (Å²) in [6.45, 7) is 0.730. The Morgan fingerprint density at radius 3 is 2.61 bits per heavy atom. The van der Waals surface area contributed by atoms with Crippen LogP contribution in [-0.2, 0) is 11.2 Å². The minimum atomic E-state index is -0.0228. The molecule has 0 aromatic heterocycles. The van der Waals surface area contributed by atoms with E-state index in [9.17, 15) is 9.90 Å². The number of benzene rings is 1. The lowest BCUT2D eigenvalue weighted by Gasteiger charge is -2.06. The summed E-state index contributed by atoms with van der Waals surface area (Å²) in [6, 6.07) is 6.96. The maximum atomic E-state index is 11.6. The number of phenolic OH excluding ortho intramolecular Hbond substituents is 1. The highest BCUT2D eigenvalue weighted by atomic mass is 127. The third-order valence-corrected chi connectivity index (χ3v) is 3.49. The highest BCUT2D eigenvalue weighted by Gasteiger charge is 2.05. The molecule has 3 nitrogen and oxygen atoms in total. The fourth-order valence-electron chi connectivity index (χ4n) is 1.70. The van der Waals surface area contributed by atoms with Crippen molar-refractivity contribution in [3.63, 3.8) is 0 Å². The van der Waals surface area contributed by atoms with Gasteiger partial charge >= 0.3 is 0 Å². The summed E-state index contributed by atoms with van der Waals surface area (Å²) in [7, 11) is 0.